The Morgan fingerprint density at radius 2 is 1.73 bits per heavy atom. The first-order valence-corrected chi connectivity index (χ1v) is 12.0. The van der Waals surface area contributed by atoms with Crippen molar-refractivity contribution in [1.82, 2.24) is 9.21 Å². The molecule has 0 saturated carbocycles. The fourth-order valence-electron chi connectivity index (χ4n) is 3.81. The molecule has 30 heavy (non-hydrogen) atoms. The molecule has 0 unspecified atom stereocenters. The number of nitrogens with one attached hydrogen (secondary N) is 1. The summed E-state index contributed by atoms with van der Waals surface area (Å²) in [5.41, 5.74) is 3.65. The van der Waals surface area contributed by atoms with Crippen LogP contribution in [0.4, 0.5) is 0 Å². The molecule has 0 radical (unpaired) electrons. The molecule has 1 heterocycles. The van der Waals surface area contributed by atoms with Crippen molar-refractivity contribution in [3.05, 3.63) is 65.2 Å². The largest absolute Gasteiger partial charge is 0.330 e. The maximum absolute atomic E-state index is 12.8. The van der Waals surface area contributed by atoms with E-state index in [1.807, 2.05) is 19.1 Å². The number of amides is 1. The molecule has 1 N–H and O–H groups in total. The van der Waals surface area contributed by atoms with E-state index in [0.717, 1.165) is 35.9 Å². The highest BCUT2D eigenvalue weighted by molar-refractivity contribution is 7.89. The van der Waals surface area contributed by atoms with Gasteiger partial charge in [0.05, 0.1) is 37.6 Å². The molecule has 0 bridgehead atoms. The van der Waals surface area contributed by atoms with E-state index in [1.165, 1.54) is 23.1 Å². The van der Waals surface area contributed by atoms with Crippen molar-refractivity contribution in [3.63, 3.8) is 0 Å². The minimum Gasteiger partial charge on any atom is -0.330 e. The van der Waals surface area contributed by atoms with Gasteiger partial charge in [0, 0.05) is 12.6 Å². The Morgan fingerprint density at radius 1 is 1.07 bits per heavy atom. The molecule has 7 heteroatoms. The smallest absolute Gasteiger partial charge is 0.243 e. The van der Waals surface area contributed by atoms with E-state index in [1.54, 1.807) is 17.0 Å². The predicted octanol–water partition coefficient (Wildman–Crippen LogP) is 1.11. The number of carbonyl (C=O) groups is 1. The molecule has 1 aliphatic heterocycles. The average Bonchev–Trinajstić information content (AvgIpc) is 2.74. The number of carbonyl (C=O) groups excluding carboxylic acids is 1. The van der Waals surface area contributed by atoms with Crippen LogP contribution in [0.1, 0.15) is 23.6 Å². The monoisotopic (exact) mass is 430 g/mol. The lowest BCUT2D eigenvalue weighted by Crippen LogP contribution is -3.13. The lowest BCUT2D eigenvalue weighted by Gasteiger charge is -2.33. The number of quaternary nitrogens is 1. The van der Waals surface area contributed by atoms with Crippen LogP contribution in [0.5, 0.6) is 0 Å². The normalized spacial score (nSPS) is 15.5. The highest BCUT2D eigenvalue weighted by Crippen LogP contribution is 2.15. The standard InChI is InChI=1S/C23H31N3O3S/c1-4-20-8-10-22(11-9-20)30(28,29)24(3)18-23(27)26-14-12-25(13-15-26)17-21-7-5-6-19(2)16-21/h5-11,16H,4,12-15,17-18H2,1-3H3/p+1. The number of hydrogen-bond donors (Lipinski definition) is 1. The maximum Gasteiger partial charge on any atom is 0.243 e. The van der Waals surface area contributed by atoms with Crippen LogP contribution in [0.25, 0.3) is 0 Å². The summed E-state index contributed by atoms with van der Waals surface area (Å²) >= 11 is 0. The zero-order valence-corrected chi connectivity index (χ0v) is 18.9. The summed E-state index contributed by atoms with van der Waals surface area (Å²) < 4.78 is 26.7. The molecule has 1 aliphatic rings. The van der Waals surface area contributed by atoms with Crippen LogP contribution in [0.2, 0.25) is 0 Å². The zero-order valence-electron chi connectivity index (χ0n) is 18.1. The van der Waals surface area contributed by atoms with E-state index in [-0.39, 0.29) is 17.3 Å². The van der Waals surface area contributed by atoms with E-state index >= 15 is 0 Å². The second-order valence-corrected chi connectivity index (χ2v) is 10.1. The summed E-state index contributed by atoms with van der Waals surface area (Å²) in [4.78, 5) is 16.2. The molecule has 2 aromatic carbocycles. The fourth-order valence-corrected chi connectivity index (χ4v) is 4.93. The van der Waals surface area contributed by atoms with Crippen LogP contribution in [0, 0.1) is 6.92 Å². The van der Waals surface area contributed by atoms with Crippen molar-refractivity contribution >= 4 is 15.9 Å². The number of nitrogens with zero attached hydrogens (tertiary/aromatic N) is 2. The molecule has 0 aliphatic carbocycles. The molecule has 1 fully saturated rings. The van der Waals surface area contributed by atoms with Crippen molar-refractivity contribution in [2.24, 2.45) is 0 Å². The summed E-state index contributed by atoms with van der Waals surface area (Å²) in [6.45, 7) is 7.98. The third kappa shape index (κ3) is 5.47. The number of sulfonamides is 1. The molecule has 0 aromatic heterocycles. The second-order valence-electron chi connectivity index (χ2n) is 8.06. The number of benzene rings is 2. The van der Waals surface area contributed by atoms with E-state index in [9.17, 15) is 13.2 Å². The SMILES string of the molecule is CCc1ccc(S(=O)(=O)N(C)CC(=O)N2CC[NH+](Cc3cccc(C)c3)CC2)cc1. The third-order valence-electron chi connectivity index (χ3n) is 5.76. The number of piperazine rings is 1. The topological polar surface area (TPSA) is 62.1 Å². The first-order chi connectivity index (χ1) is 14.3. The summed E-state index contributed by atoms with van der Waals surface area (Å²) in [6.07, 6.45) is 0.854. The van der Waals surface area contributed by atoms with Gasteiger partial charge in [-0.3, -0.25) is 4.79 Å². The van der Waals surface area contributed by atoms with Crippen molar-refractivity contribution < 1.29 is 18.1 Å². The Balaban J connectivity index is 1.53. The number of hydrogen-bond acceptors (Lipinski definition) is 3. The molecule has 3 rings (SSSR count). The summed E-state index contributed by atoms with van der Waals surface area (Å²) in [5.74, 6) is -0.138. The van der Waals surface area contributed by atoms with Crippen molar-refractivity contribution in [3.8, 4) is 0 Å². The molecular weight excluding hydrogens is 398 g/mol. The average molecular weight is 431 g/mol. The van der Waals surface area contributed by atoms with Crippen molar-refractivity contribution in [2.75, 3.05) is 39.8 Å². The molecular formula is C23H32N3O3S+. The van der Waals surface area contributed by atoms with Crippen molar-refractivity contribution in [1.29, 1.82) is 0 Å². The molecule has 0 spiro atoms. The van der Waals surface area contributed by atoms with Gasteiger partial charge in [-0.2, -0.15) is 4.31 Å². The first-order valence-electron chi connectivity index (χ1n) is 10.5. The van der Waals surface area contributed by atoms with Crippen LogP contribution in [0.3, 0.4) is 0 Å². The minimum atomic E-state index is -3.67. The Hall–Kier alpha value is -2.22. The molecule has 2 aromatic rings. The van der Waals surface area contributed by atoms with E-state index in [4.69, 9.17) is 0 Å². The Morgan fingerprint density at radius 3 is 2.33 bits per heavy atom. The van der Waals surface area contributed by atoms with Crippen LogP contribution in [-0.2, 0) is 27.8 Å². The predicted molar refractivity (Wildman–Crippen MR) is 118 cm³/mol. The fraction of sp³-hybridized carbons (Fsp3) is 0.435. The third-order valence-corrected chi connectivity index (χ3v) is 7.58. The van der Waals surface area contributed by atoms with Crippen molar-refractivity contribution in [2.45, 2.75) is 31.7 Å². The maximum atomic E-state index is 12.8. The van der Waals surface area contributed by atoms with E-state index in [0.29, 0.717) is 13.1 Å². The Bertz CT molecular complexity index is 965. The van der Waals surface area contributed by atoms with Crippen LogP contribution in [-0.4, -0.2) is 63.3 Å². The summed E-state index contributed by atoms with van der Waals surface area (Å²) in [7, 11) is -2.20. The molecule has 1 saturated heterocycles. The number of likely N-dealkylation sites (N-methyl/N-ethyl adjacent to an activating group) is 1. The van der Waals surface area contributed by atoms with Gasteiger partial charge in [-0.1, -0.05) is 48.9 Å². The van der Waals surface area contributed by atoms with Gasteiger partial charge in [-0.15, -0.1) is 0 Å². The van der Waals surface area contributed by atoms with E-state index in [2.05, 4.69) is 31.2 Å². The first kappa shape index (κ1) is 22.5. The van der Waals surface area contributed by atoms with Gasteiger partial charge in [-0.05, 0) is 31.0 Å². The van der Waals surface area contributed by atoms with Crippen LogP contribution < -0.4 is 4.90 Å². The lowest BCUT2D eigenvalue weighted by atomic mass is 10.1. The van der Waals surface area contributed by atoms with Crippen LogP contribution in [0.15, 0.2) is 53.4 Å². The quantitative estimate of drug-likeness (QED) is 0.716. The van der Waals surface area contributed by atoms with Gasteiger partial charge < -0.3 is 9.80 Å². The Kier molecular flexibility index (Phi) is 7.28. The summed E-state index contributed by atoms with van der Waals surface area (Å²) in [6, 6.07) is 15.4. The molecule has 0 atom stereocenters. The highest BCUT2D eigenvalue weighted by atomic mass is 32.2. The Labute approximate surface area is 180 Å². The van der Waals surface area contributed by atoms with Gasteiger partial charge in [0.2, 0.25) is 15.9 Å². The molecule has 1 amide bonds. The van der Waals surface area contributed by atoms with Gasteiger partial charge >= 0.3 is 0 Å². The highest BCUT2D eigenvalue weighted by Gasteiger charge is 2.28. The zero-order chi connectivity index (χ0) is 21.7. The second kappa shape index (κ2) is 9.73. The van der Waals surface area contributed by atoms with Crippen LogP contribution >= 0.6 is 0 Å². The lowest BCUT2D eigenvalue weighted by molar-refractivity contribution is -0.917. The minimum absolute atomic E-state index is 0.134. The molecule has 162 valence electrons. The van der Waals surface area contributed by atoms with E-state index < -0.39 is 10.0 Å². The molecule has 6 nitrogen and oxygen atoms in total. The van der Waals surface area contributed by atoms with Gasteiger partial charge in [0.1, 0.15) is 6.54 Å². The van der Waals surface area contributed by atoms with Gasteiger partial charge in [0.25, 0.3) is 0 Å². The van der Waals surface area contributed by atoms with Gasteiger partial charge in [-0.25, -0.2) is 8.42 Å². The number of rotatable bonds is 7. The summed E-state index contributed by atoms with van der Waals surface area (Å²) in [5, 5.41) is 0. The number of aryl methyl sites for hydroxylation is 2. The van der Waals surface area contributed by atoms with Gasteiger partial charge in [0.15, 0.2) is 0 Å².